The molecule has 0 saturated carbocycles. The minimum absolute atomic E-state index is 0.0159. The van der Waals surface area contributed by atoms with Crippen LogP contribution in [0.5, 0.6) is 0 Å². The molecular formula is C21H23N3O2S. The zero-order valence-corrected chi connectivity index (χ0v) is 16.2. The van der Waals surface area contributed by atoms with Gasteiger partial charge in [0.2, 0.25) is 5.91 Å². The van der Waals surface area contributed by atoms with Gasteiger partial charge in [0.15, 0.2) is 0 Å². The van der Waals surface area contributed by atoms with Crippen LogP contribution in [0.4, 0.5) is 0 Å². The van der Waals surface area contributed by atoms with E-state index in [9.17, 15) is 9.59 Å². The summed E-state index contributed by atoms with van der Waals surface area (Å²) < 4.78 is 1.44. The minimum Gasteiger partial charge on any atom is -0.352 e. The number of amides is 1. The molecule has 6 heteroatoms. The topological polar surface area (TPSA) is 64.0 Å². The van der Waals surface area contributed by atoms with Gasteiger partial charge in [0.25, 0.3) is 5.56 Å². The molecule has 1 amide bonds. The van der Waals surface area contributed by atoms with Crippen molar-refractivity contribution < 1.29 is 4.79 Å². The van der Waals surface area contributed by atoms with Crippen molar-refractivity contribution >= 4 is 27.5 Å². The largest absolute Gasteiger partial charge is 0.352 e. The van der Waals surface area contributed by atoms with E-state index in [1.807, 2.05) is 25.1 Å². The molecule has 1 N–H and O–H groups in total. The molecule has 0 bridgehead atoms. The summed E-state index contributed by atoms with van der Waals surface area (Å²) in [6.07, 6.45) is 6.36. The van der Waals surface area contributed by atoms with Crippen LogP contribution in [-0.2, 0) is 30.6 Å². The summed E-state index contributed by atoms with van der Waals surface area (Å²) in [4.78, 5) is 31.7. The number of hydrogen-bond donors (Lipinski definition) is 1. The fourth-order valence-corrected chi connectivity index (χ4v) is 4.93. The fourth-order valence-electron chi connectivity index (χ4n) is 3.71. The quantitative estimate of drug-likeness (QED) is 0.714. The summed E-state index contributed by atoms with van der Waals surface area (Å²) in [5.41, 5.74) is 2.32. The van der Waals surface area contributed by atoms with Crippen molar-refractivity contribution in [2.24, 2.45) is 0 Å². The molecule has 0 fully saturated rings. The van der Waals surface area contributed by atoms with E-state index in [-0.39, 0.29) is 24.1 Å². The summed E-state index contributed by atoms with van der Waals surface area (Å²) in [7, 11) is 0. The van der Waals surface area contributed by atoms with Gasteiger partial charge in [0.05, 0.1) is 11.7 Å². The van der Waals surface area contributed by atoms with Gasteiger partial charge in [-0.25, -0.2) is 4.98 Å². The van der Waals surface area contributed by atoms with Crippen LogP contribution >= 0.6 is 11.3 Å². The maximum atomic E-state index is 12.8. The highest BCUT2D eigenvalue weighted by molar-refractivity contribution is 7.18. The second-order valence-electron chi connectivity index (χ2n) is 7.21. The lowest BCUT2D eigenvalue weighted by molar-refractivity contribution is -0.122. The molecule has 140 valence electrons. The minimum atomic E-state index is -0.148. The van der Waals surface area contributed by atoms with E-state index in [0.29, 0.717) is 0 Å². The molecule has 1 aromatic carbocycles. The predicted octanol–water partition coefficient (Wildman–Crippen LogP) is 3.08. The van der Waals surface area contributed by atoms with E-state index < -0.39 is 0 Å². The van der Waals surface area contributed by atoms with E-state index >= 15 is 0 Å². The van der Waals surface area contributed by atoms with Crippen LogP contribution in [-0.4, -0.2) is 21.5 Å². The Balaban J connectivity index is 1.40. The molecular weight excluding hydrogens is 358 g/mol. The Bertz CT molecular complexity index is 1020. The first-order valence-corrected chi connectivity index (χ1v) is 10.3. The Morgan fingerprint density at radius 3 is 2.93 bits per heavy atom. The first-order chi connectivity index (χ1) is 13.1. The molecule has 3 aromatic rings. The van der Waals surface area contributed by atoms with Gasteiger partial charge in [-0.1, -0.05) is 30.3 Å². The Labute approximate surface area is 162 Å². The molecule has 1 atom stereocenters. The lowest BCUT2D eigenvalue weighted by Crippen LogP contribution is -2.37. The van der Waals surface area contributed by atoms with Crippen LogP contribution in [0.15, 0.2) is 41.5 Å². The molecule has 5 nitrogen and oxygen atoms in total. The normalized spacial score (nSPS) is 14.3. The van der Waals surface area contributed by atoms with Gasteiger partial charge >= 0.3 is 0 Å². The molecule has 1 aliphatic rings. The number of fused-ring (bicyclic) bond motifs is 3. The number of nitrogens with zero attached hydrogens (tertiary/aromatic N) is 2. The van der Waals surface area contributed by atoms with E-state index in [4.69, 9.17) is 0 Å². The van der Waals surface area contributed by atoms with Crippen molar-refractivity contribution in [2.45, 2.75) is 51.6 Å². The summed E-state index contributed by atoms with van der Waals surface area (Å²) in [5.74, 6) is -0.148. The van der Waals surface area contributed by atoms with E-state index in [1.54, 1.807) is 11.3 Å². The van der Waals surface area contributed by atoms with Crippen LogP contribution in [0.1, 0.15) is 35.8 Å². The predicted molar refractivity (Wildman–Crippen MR) is 108 cm³/mol. The molecule has 27 heavy (non-hydrogen) atoms. The second kappa shape index (κ2) is 7.64. The standard InChI is InChI=1S/C21H23N3O2S/c1-14(10-11-15-6-3-2-4-7-15)23-18(25)12-24-13-22-20-19(21(24)26)16-8-5-9-17(16)27-20/h2-4,6-7,13-14H,5,8-12H2,1H3,(H,23,25)/t14-/m0/s1. The van der Waals surface area contributed by atoms with Crippen LogP contribution in [0.3, 0.4) is 0 Å². The Hall–Kier alpha value is -2.47. The Kier molecular flexibility index (Phi) is 5.07. The monoisotopic (exact) mass is 381 g/mol. The number of benzene rings is 1. The van der Waals surface area contributed by atoms with Gasteiger partial charge in [0.1, 0.15) is 11.4 Å². The third-order valence-corrected chi connectivity index (χ3v) is 6.32. The summed E-state index contributed by atoms with van der Waals surface area (Å²) >= 11 is 1.62. The summed E-state index contributed by atoms with van der Waals surface area (Å²) in [6, 6.07) is 10.3. The molecule has 4 rings (SSSR count). The van der Waals surface area contributed by atoms with E-state index in [1.165, 1.54) is 21.3 Å². The highest BCUT2D eigenvalue weighted by atomic mass is 32.1. The lowest BCUT2D eigenvalue weighted by Gasteiger charge is -2.14. The maximum Gasteiger partial charge on any atom is 0.262 e. The molecule has 0 aliphatic heterocycles. The lowest BCUT2D eigenvalue weighted by atomic mass is 10.1. The van der Waals surface area contributed by atoms with Crippen LogP contribution < -0.4 is 10.9 Å². The van der Waals surface area contributed by atoms with Crippen molar-refractivity contribution in [1.82, 2.24) is 14.9 Å². The zero-order valence-electron chi connectivity index (χ0n) is 15.4. The zero-order chi connectivity index (χ0) is 18.8. The van der Waals surface area contributed by atoms with Crippen LogP contribution in [0, 0.1) is 0 Å². The van der Waals surface area contributed by atoms with Crippen LogP contribution in [0.25, 0.3) is 10.2 Å². The van der Waals surface area contributed by atoms with Gasteiger partial charge in [-0.3, -0.25) is 14.2 Å². The van der Waals surface area contributed by atoms with Gasteiger partial charge in [0, 0.05) is 10.9 Å². The maximum absolute atomic E-state index is 12.8. The van der Waals surface area contributed by atoms with Crippen molar-refractivity contribution in [3.63, 3.8) is 0 Å². The number of hydrogen-bond acceptors (Lipinski definition) is 4. The number of carbonyl (C=O) groups excluding carboxylic acids is 1. The molecule has 2 aromatic heterocycles. The van der Waals surface area contributed by atoms with Crippen molar-refractivity contribution in [3.05, 3.63) is 63.0 Å². The number of thiophene rings is 1. The Morgan fingerprint density at radius 2 is 2.11 bits per heavy atom. The van der Waals surface area contributed by atoms with E-state index in [2.05, 4.69) is 22.4 Å². The van der Waals surface area contributed by atoms with Crippen LogP contribution in [0.2, 0.25) is 0 Å². The SMILES string of the molecule is C[C@@H](CCc1ccccc1)NC(=O)Cn1cnc2sc3c(c2c1=O)CCC3. The first kappa shape index (κ1) is 17.9. The highest BCUT2D eigenvalue weighted by Gasteiger charge is 2.21. The smallest absolute Gasteiger partial charge is 0.262 e. The average Bonchev–Trinajstić information content (AvgIpc) is 3.24. The van der Waals surface area contributed by atoms with Gasteiger partial charge in [-0.2, -0.15) is 0 Å². The highest BCUT2D eigenvalue weighted by Crippen LogP contribution is 2.34. The van der Waals surface area contributed by atoms with Crippen molar-refractivity contribution in [3.8, 4) is 0 Å². The molecule has 2 heterocycles. The third kappa shape index (κ3) is 3.81. The summed E-state index contributed by atoms with van der Waals surface area (Å²) in [6.45, 7) is 2.01. The fraction of sp³-hybridized carbons (Fsp3) is 0.381. The number of carbonyl (C=O) groups is 1. The van der Waals surface area contributed by atoms with Gasteiger partial charge < -0.3 is 5.32 Å². The molecule has 1 aliphatic carbocycles. The van der Waals surface area contributed by atoms with Gasteiger partial charge in [-0.05, 0) is 50.2 Å². The average molecular weight is 382 g/mol. The molecule has 0 unspecified atom stereocenters. The molecule has 0 saturated heterocycles. The Morgan fingerprint density at radius 1 is 1.30 bits per heavy atom. The number of nitrogens with one attached hydrogen (secondary N) is 1. The number of aromatic nitrogens is 2. The third-order valence-electron chi connectivity index (χ3n) is 5.12. The van der Waals surface area contributed by atoms with E-state index in [0.717, 1.165) is 47.9 Å². The summed E-state index contributed by atoms with van der Waals surface area (Å²) in [5, 5.41) is 3.72. The number of rotatable bonds is 6. The number of aryl methyl sites for hydroxylation is 3. The van der Waals surface area contributed by atoms with Crippen molar-refractivity contribution in [1.29, 1.82) is 0 Å². The first-order valence-electron chi connectivity index (χ1n) is 9.45. The van der Waals surface area contributed by atoms with Gasteiger partial charge in [-0.15, -0.1) is 11.3 Å². The molecule has 0 spiro atoms. The van der Waals surface area contributed by atoms with Crippen molar-refractivity contribution in [2.75, 3.05) is 0 Å². The second-order valence-corrected chi connectivity index (χ2v) is 8.29. The molecule has 0 radical (unpaired) electrons.